The number of benzene rings is 2. The Labute approximate surface area is 131 Å². The van der Waals surface area contributed by atoms with Gasteiger partial charge in [-0.15, -0.1) is 0 Å². The summed E-state index contributed by atoms with van der Waals surface area (Å²) in [4.78, 5) is 13.3. The van der Waals surface area contributed by atoms with Gasteiger partial charge in [-0.3, -0.25) is 9.69 Å². The molecule has 0 unspecified atom stereocenters. The molecule has 0 aliphatic carbocycles. The zero-order valence-electron chi connectivity index (χ0n) is 12.8. The standard InChI is InChI=1S/C19H21NO2/c1-14-7-9-16(10-8-14)17-5-2-4-15(12-17)13-20-11-3-6-18(20)19(21)22/h2,4-5,7-10,12,18H,3,6,11,13H2,1H3,(H,21,22)/t18-/m1/s1. The summed E-state index contributed by atoms with van der Waals surface area (Å²) in [5.41, 5.74) is 4.81. The maximum absolute atomic E-state index is 11.3. The summed E-state index contributed by atoms with van der Waals surface area (Å²) >= 11 is 0. The van der Waals surface area contributed by atoms with Crippen LogP contribution in [0.5, 0.6) is 0 Å². The van der Waals surface area contributed by atoms with Gasteiger partial charge in [0, 0.05) is 6.54 Å². The Bertz CT molecular complexity index is 663. The number of hydrogen-bond acceptors (Lipinski definition) is 2. The molecule has 1 aliphatic heterocycles. The molecule has 0 radical (unpaired) electrons. The summed E-state index contributed by atoms with van der Waals surface area (Å²) in [5.74, 6) is -0.702. The maximum Gasteiger partial charge on any atom is 0.320 e. The molecule has 1 fully saturated rings. The summed E-state index contributed by atoms with van der Waals surface area (Å²) in [7, 11) is 0. The molecular weight excluding hydrogens is 274 g/mol. The van der Waals surface area contributed by atoms with Crippen molar-refractivity contribution in [2.75, 3.05) is 6.54 Å². The maximum atomic E-state index is 11.3. The highest BCUT2D eigenvalue weighted by Gasteiger charge is 2.30. The molecule has 0 bridgehead atoms. The molecule has 1 aliphatic rings. The van der Waals surface area contributed by atoms with Crippen molar-refractivity contribution in [1.82, 2.24) is 4.90 Å². The Morgan fingerprint density at radius 3 is 2.68 bits per heavy atom. The van der Waals surface area contributed by atoms with Crippen LogP contribution in [-0.2, 0) is 11.3 Å². The van der Waals surface area contributed by atoms with E-state index in [1.54, 1.807) is 0 Å². The SMILES string of the molecule is Cc1ccc(-c2cccc(CN3CCC[C@@H]3C(=O)O)c2)cc1. The molecule has 3 heteroatoms. The molecular formula is C19H21NO2. The second kappa shape index (κ2) is 6.32. The Kier molecular flexibility index (Phi) is 4.25. The van der Waals surface area contributed by atoms with Crippen LogP contribution >= 0.6 is 0 Å². The number of carboxylic acids is 1. The number of rotatable bonds is 4. The lowest BCUT2D eigenvalue weighted by molar-refractivity contribution is -0.142. The van der Waals surface area contributed by atoms with E-state index in [1.807, 2.05) is 0 Å². The Morgan fingerprint density at radius 2 is 1.95 bits per heavy atom. The van der Waals surface area contributed by atoms with Gasteiger partial charge in [0.15, 0.2) is 0 Å². The monoisotopic (exact) mass is 295 g/mol. The van der Waals surface area contributed by atoms with Crippen molar-refractivity contribution in [3.8, 4) is 11.1 Å². The molecule has 0 amide bonds. The van der Waals surface area contributed by atoms with Crippen LogP contribution in [-0.4, -0.2) is 28.6 Å². The molecule has 0 spiro atoms. The second-order valence-corrected chi connectivity index (χ2v) is 6.03. The minimum absolute atomic E-state index is 0.331. The first-order valence-electron chi connectivity index (χ1n) is 7.76. The van der Waals surface area contributed by atoms with E-state index >= 15 is 0 Å². The van der Waals surface area contributed by atoms with Gasteiger partial charge in [-0.05, 0) is 49.1 Å². The normalized spacial score (nSPS) is 18.5. The third-order valence-electron chi connectivity index (χ3n) is 4.35. The van der Waals surface area contributed by atoms with Crippen LogP contribution in [0, 0.1) is 6.92 Å². The van der Waals surface area contributed by atoms with Crippen LogP contribution in [0.2, 0.25) is 0 Å². The summed E-state index contributed by atoms with van der Waals surface area (Å²) in [6.07, 6.45) is 1.72. The first kappa shape index (κ1) is 14.8. The Hall–Kier alpha value is -2.13. The number of likely N-dealkylation sites (tertiary alicyclic amines) is 1. The highest BCUT2D eigenvalue weighted by Crippen LogP contribution is 2.24. The zero-order valence-corrected chi connectivity index (χ0v) is 12.8. The fourth-order valence-corrected chi connectivity index (χ4v) is 3.12. The smallest absolute Gasteiger partial charge is 0.320 e. The quantitative estimate of drug-likeness (QED) is 0.934. The average molecular weight is 295 g/mol. The number of aliphatic carboxylic acids is 1. The molecule has 1 atom stereocenters. The predicted molar refractivity (Wildman–Crippen MR) is 87.7 cm³/mol. The van der Waals surface area contributed by atoms with Crippen LogP contribution in [0.1, 0.15) is 24.0 Å². The van der Waals surface area contributed by atoms with E-state index in [2.05, 4.69) is 60.4 Å². The van der Waals surface area contributed by atoms with Crippen molar-refractivity contribution >= 4 is 5.97 Å². The van der Waals surface area contributed by atoms with Gasteiger partial charge in [-0.1, -0.05) is 48.0 Å². The Morgan fingerprint density at radius 1 is 1.18 bits per heavy atom. The van der Waals surface area contributed by atoms with Gasteiger partial charge in [-0.25, -0.2) is 0 Å². The lowest BCUT2D eigenvalue weighted by Crippen LogP contribution is -2.35. The van der Waals surface area contributed by atoms with Gasteiger partial charge in [-0.2, -0.15) is 0 Å². The van der Waals surface area contributed by atoms with Crippen molar-refractivity contribution in [1.29, 1.82) is 0 Å². The van der Waals surface area contributed by atoms with E-state index in [9.17, 15) is 9.90 Å². The van der Waals surface area contributed by atoms with E-state index in [0.717, 1.165) is 19.4 Å². The molecule has 3 rings (SSSR count). The lowest BCUT2D eigenvalue weighted by atomic mass is 10.0. The summed E-state index contributed by atoms with van der Waals surface area (Å²) in [6.45, 7) is 3.65. The van der Waals surface area contributed by atoms with Crippen molar-refractivity contribution < 1.29 is 9.90 Å². The third-order valence-corrected chi connectivity index (χ3v) is 4.35. The van der Waals surface area contributed by atoms with E-state index in [-0.39, 0.29) is 6.04 Å². The molecule has 0 aromatic heterocycles. The first-order valence-corrected chi connectivity index (χ1v) is 7.76. The molecule has 3 nitrogen and oxygen atoms in total. The van der Waals surface area contributed by atoms with Gasteiger partial charge < -0.3 is 5.11 Å². The van der Waals surface area contributed by atoms with Crippen LogP contribution in [0.3, 0.4) is 0 Å². The van der Waals surface area contributed by atoms with E-state index in [0.29, 0.717) is 6.54 Å². The third kappa shape index (κ3) is 3.20. The molecule has 22 heavy (non-hydrogen) atoms. The van der Waals surface area contributed by atoms with Gasteiger partial charge in [0.25, 0.3) is 0 Å². The minimum atomic E-state index is -0.702. The highest BCUT2D eigenvalue weighted by atomic mass is 16.4. The number of carbonyl (C=O) groups is 1. The van der Waals surface area contributed by atoms with Gasteiger partial charge in [0.1, 0.15) is 6.04 Å². The highest BCUT2D eigenvalue weighted by molar-refractivity contribution is 5.73. The minimum Gasteiger partial charge on any atom is -0.480 e. The fraction of sp³-hybridized carbons (Fsp3) is 0.316. The van der Waals surface area contributed by atoms with Crippen LogP contribution in [0.15, 0.2) is 48.5 Å². The number of hydrogen-bond donors (Lipinski definition) is 1. The van der Waals surface area contributed by atoms with E-state index in [1.165, 1.54) is 22.3 Å². The molecule has 114 valence electrons. The molecule has 2 aromatic carbocycles. The molecule has 2 aromatic rings. The zero-order chi connectivity index (χ0) is 15.5. The predicted octanol–water partition coefficient (Wildman–Crippen LogP) is 3.71. The van der Waals surface area contributed by atoms with Crippen LogP contribution in [0.4, 0.5) is 0 Å². The Balaban J connectivity index is 1.79. The van der Waals surface area contributed by atoms with E-state index in [4.69, 9.17) is 0 Å². The van der Waals surface area contributed by atoms with Crippen molar-refractivity contribution in [3.05, 3.63) is 59.7 Å². The summed E-state index contributed by atoms with van der Waals surface area (Å²) in [6, 6.07) is 16.6. The number of nitrogens with zero attached hydrogens (tertiary/aromatic N) is 1. The average Bonchev–Trinajstić information content (AvgIpc) is 2.96. The van der Waals surface area contributed by atoms with Crippen molar-refractivity contribution in [3.63, 3.8) is 0 Å². The van der Waals surface area contributed by atoms with Gasteiger partial charge in [0.05, 0.1) is 0 Å². The van der Waals surface area contributed by atoms with Gasteiger partial charge >= 0.3 is 5.97 Å². The summed E-state index contributed by atoms with van der Waals surface area (Å²) in [5, 5.41) is 9.28. The molecule has 1 saturated heterocycles. The fourth-order valence-electron chi connectivity index (χ4n) is 3.12. The van der Waals surface area contributed by atoms with Crippen molar-refractivity contribution in [2.24, 2.45) is 0 Å². The first-order chi connectivity index (χ1) is 10.6. The number of aryl methyl sites for hydroxylation is 1. The van der Waals surface area contributed by atoms with Gasteiger partial charge in [0.2, 0.25) is 0 Å². The molecule has 1 heterocycles. The van der Waals surface area contributed by atoms with Crippen LogP contribution < -0.4 is 0 Å². The molecule has 1 N–H and O–H groups in total. The molecule has 0 saturated carbocycles. The second-order valence-electron chi connectivity index (χ2n) is 6.03. The lowest BCUT2D eigenvalue weighted by Gasteiger charge is -2.21. The largest absolute Gasteiger partial charge is 0.480 e. The van der Waals surface area contributed by atoms with Crippen molar-refractivity contribution in [2.45, 2.75) is 32.4 Å². The topological polar surface area (TPSA) is 40.5 Å². The van der Waals surface area contributed by atoms with E-state index < -0.39 is 5.97 Å². The number of carboxylic acid groups (broad SMARTS) is 1. The summed E-state index contributed by atoms with van der Waals surface area (Å²) < 4.78 is 0. The van der Waals surface area contributed by atoms with Crippen LogP contribution in [0.25, 0.3) is 11.1 Å².